The molecule has 1 aromatic heterocycles. The summed E-state index contributed by atoms with van der Waals surface area (Å²) in [6, 6.07) is 9.54. The van der Waals surface area contributed by atoms with E-state index in [1.54, 1.807) is 0 Å². The van der Waals surface area contributed by atoms with Crippen LogP contribution >= 0.6 is 0 Å². The minimum absolute atomic E-state index is 0.0909. The molecule has 0 radical (unpaired) electrons. The fraction of sp³-hybridized carbons (Fsp3) is 0.250. The van der Waals surface area contributed by atoms with Crippen LogP contribution in [0.1, 0.15) is 35.8 Å². The van der Waals surface area contributed by atoms with Crippen molar-refractivity contribution in [1.82, 2.24) is 4.57 Å². The predicted molar refractivity (Wildman–Crippen MR) is 77.3 cm³/mol. The van der Waals surface area contributed by atoms with Gasteiger partial charge in [-0.1, -0.05) is 6.07 Å². The molecule has 20 heavy (non-hydrogen) atoms. The quantitative estimate of drug-likeness (QED) is 0.910. The van der Waals surface area contributed by atoms with E-state index in [0.717, 1.165) is 35.5 Å². The number of anilines is 1. The zero-order valence-corrected chi connectivity index (χ0v) is 11.3. The van der Waals surface area contributed by atoms with E-state index in [1.165, 1.54) is 6.92 Å². The van der Waals surface area contributed by atoms with Gasteiger partial charge in [-0.3, -0.25) is 9.59 Å². The number of nitrogens with zero attached hydrogens (tertiary/aromatic N) is 1. The van der Waals surface area contributed by atoms with Gasteiger partial charge in [0.15, 0.2) is 5.78 Å². The third-order valence-electron chi connectivity index (χ3n) is 3.55. The Morgan fingerprint density at radius 1 is 1.25 bits per heavy atom. The van der Waals surface area contributed by atoms with Gasteiger partial charge in [0.05, 0.1) is 0 Å². The van der Waals surface area contributed by atoms with Gasteiger partial charge in [0.1, 0.15) is 0 Å². The zero-order valence-electron chi connectivity index (χ0n) is 11.3. The van der Waals surface area contributed by atoms with E-state index in [-0.39, 0.29) is 11.7 Å². The molecule has 1 N–H and O–H groups in total. The molecule has 0 unspecified atom stereocenters. The minimum Gasteiger partial charge on any atom is -0.326 e. The maximum absolute atomic E-state index is 11.9. The summed E-state index contributed by atoms with van der Waals surface area (Å²) in [5.74, 6) is 0.134. The molecule has 4 heteroatoms. The van der Waals surface area contributed by atoms with Crippen LogP contribution in [0.15, 0.2) is 36.5 Å². The fourth-order valence-corrected chi connectivity index (χ4v) is 2.70. The summed E-state index contributed by atoms with van der Waals surface area (Å²) >= 11 is 0. The van der Waals surface area contributed by atoms with Gasteiger partial charge < -0.3 is 9.88 Å². The van der Waals surface area contributed by atoms with Crippen LogP contribution in [0.4, 0.5) is 5.69 Å². The van der Waals surface area contributed by atoms with Crippen LogP contribution in [-0.4, -0.2) is 16.3 Å². The Morgan fingerprint density at radius 3 is 2.90 bits per heavy atom. The Hall–Kier alpha value is -2.36. The Balaban J connectivity index is 2.01. The highest BCUT2D eigenvalue weighted by atomic mass is 16.1. The molecule has 0 fully saturated rings. The molecule has 1 aliphatic carbocycles. The van der Waals surface area contributed by atoms with E-state index in [4.69, 9.17) is 0 Å². The van der Waals surface area contributed by atoms with Crippen LogP contribution in [0.5, 0.6) is 0 Å². The Labute approximate surface area is 117 Å². The average molecular weight is 268 g/mol. The topological polar surface area (TPSA) is 51.1 Å². The SMILES string of the molecule is CC(=O)Nc1cccc(-n2ccc3c2CCCC3=O)c1. The van der Waals surface area contributed by atoms with Crippen LogP contribution in [0.25, 0.3) is 5.69 Å². The van der Waals surface area contributed by atoms with Gasteiger partial charge in [-0.25, -0.2) is 0 Å². The van der Waals surface area contributed by atoms with E-state index in [0.29, 0.717) is 6.42 Å². The molecule has 3 rings (SSSR count). The van der Waals surface area contributed by atoms with E-state index < -0.39 is 0 Å². The first-order valence-corrected chi connectivity index (χ1v) is 6.76. The molecule has 0 aliphatic heterocycles. The Kier molecular flexibility index (Phi) is 3.14. The number of benzene rings is 1. The number of ketones is 1. The molecular formula is C16H16N2O2. The summed E-state index contributed by atoms with van der Waals surface area (Å²) in [7, 11) is 0. The number of hydrogen-bond donors (Lipinski definition) is 1. The normalized spacial score (nSPS) is 13.9. The average Bonchev–Trinajstić information content (AvgIpc) is 2.83. The number of amides is 1. The van der Waals surface area contributed by atoms with E-state index in [2.05, 4.69) is 5.32 Å². The maximum atomic E-state index is 11.9. The van der Waals surface area contributed by atoms with Crippen molar-refractivity contribution in [1.29, 1.82) is 0 Å². The number of aromatic nitrogens is 1. The lowest BCUT2D eigenvalue weighted by atomic mass is 9.97. The smallest absolute Gasteiger partial charge is 0.221 e. The lowest BCUT2D eigenvalue weighted by Gasteiger charge is -2.15. The van der Waals surface area contributed by atoms with Crippen molar-refractivity contribution in [2.24, 2.45) is 0 Å². The molecule has 0 atom stereocenters. The highest BCUT2D eigenvalue weighted by molar-refractivity contribution is 5.98. The number of fused-ring (bicyclic) bond motifs is 1. The highest BCUT2D eigenvalue weighted by Gasteiger charge is 2.21. The first kappa shape index (κ1) is 12.7. The summed E-state index contributed by atoms with van der Waals surface area (Å²) < 4.78 is 2.04. The molecule has 1 amide bonds. The third-order valence-corrected chi connectivity index (χ3v) is 3.55. The molecule has 0 spiro atoms. The van der Waals surface area contributed by atoms with Crippen molar-refractivity contribution >= 4 is 17.4 Å². The van der Waals surface area contributed by atoms with Crippen LogP contribution < -0.4 is 5.32 Å². The highest BCUT2D eigenvalue weighted by Crippen LogP contribution is 2.26. The largest absolute Gasteiger partial charge is 0.326 e. The van der Waals surface area contributed by atoms with Crippen molar-refractivity contribution in [3.8, 4) is 5.69 Å². The van der Waals surface area contributed by atoms with Gasteiger partial charge in [-0.15, -0.1) is 0 Å². The molecule has 102 valence electrons. The molecule has 4 nitrogen and oxygen atoms in total. The van der Waals surface area contributed by atoms with Crippen molar-refractivity contribution < 1.29 is 9.59 Å². The molecule has 1 aliphatic rings. The molecular weight excluding hydrogens is 252 g/mol. The van der Waals surface area contributed by atoms with Crippen molar-refractivity contribution in [3.63, 3.8) is 0 Å². The summed E-state index contributed by atoms with van der Waals surface area (Å²) in [6.45, 7) is 1.49. The summed E-state index contributed by atoms with van der Waals surface area (Å²) in [5, 5.41) is 2.78. The fourth-order valence-electron chi connectivity index (χ4n) is 2.70. The van der Waals surface area contributed by atoms with Gasteiger partial charge in [-0.05, 0) is 37.1 Å². The van der Waals surface area contributed by atoms with Crippen LogP contribution in [-0.2, 0) is 11.2 Å². The predicted octanol–water partition coefficient (Wildman–Crippen LogP) is 2.95. The summed E-state index contributed by atoms with van der Waals surface area (Å²) in [6.07, 6.45) is 4.39. The third kappa shape index (κ3) is 2.25. The second kappa shape index (κ2) is 4.96. The van der Waals surface area contributed by atoms with Gasteiger partial charge in [-0.2, -0.15) is 0 Å². The van der Waals surface area contributed by atoms with Gasteiger partial charge in [0.25, 0.3) is 0 Å². The second-order valence-electron chi connectivity index (χ2n) is 5.05. The lowest BCUT2D eigenvalue weighted by Crippen LogP contribution is -2.12. The summed E-state index contributed by atoms with van der Waals surface area (Å²) in [4.78, 5) is 23.0. The number of Topliss-reactive ketones (excluding diaryl/α,β-unsaturated/α-hetero) is 1. The van der Waals surface area contributed by atoms with E-state index in [1.807, 2.05) is 41.1 Å². The number of carbonyl (C=O) groups excluding carboxylic acids is 2. The molecule has 0 saturated carbocycles. The molecule has 1 heterocycles. The van der Waals surface area contributed by atoms with Gasteiger partial charge in [0, 0.05) is 42.2 Å². The van der Waals surface area contributed by atoms with E-state index >= 15 is 0 Å². The molecule has 0 saturated heterocycles. The maximum Gasteiger partial charge on any atom is 0.221 e. The summed E-state index contributed by atoms with van der Waals surface area (Å²) in [5.41, 5.74) is 3.63. The number of rotatable bonds is 2. The Morgan fingerprint density at radius 2 is 2.10 bits per heavy atom. The minimum atomic E-state index is -0.0909. The molecule has 2 aromatic rings. The zero-order chi connectivity index (χ0) is 14.1. The first-order chi connectivity index (χ1) is 9.65. The lowest BCUT2D eigenvalue weighted by molar-refractivity contribution is -0.114. The monoisotopic (exact) mass is 268 g/mol. The van der Waals surface area contributed by atoms with Crippen molar-refractivity contribution in [3.05, 3.63) is 47.8 Å². The van der Waals surface area contributed by atoms with Crippen LogP contribution in [0.3, 0.4) is 0 Å². The Bertz CT molecular complexity index is 686. The molecule has 1 aromatic carbocycles. The standard InChI is InChI=1S/C16H16N2O2/c1-11(19)17-12-4-2-5-13(10-12)18-9-8-14-15(18)6-3-7-16(14)20/h2,4-5,8-10H,3,6-7H2,1H3,(H,17,19). The van der Waals surface area contributed by atoms with Gasteiger partial charge >= 0.3 is 0 Å². The number of nitrogens with one attached hydrogen (secondary N) is 1. The van der Waals surface area contributed by atoms with Crippen LogP contribution in [0, 0.1) is 0 Å². The number of carbonyl (C=O) groups is 2. The van der Waals surface area contributed by atoms with Gasteiger partial charge in [0.2, 0.25) is 5.91 Å². The second-order valence-corrected chi connectivity index (χ2v) is 5.05. The van der Waals surface area contributed by atoms with E-state index in [9.17, 15) is 9.59 Å². The van der Waals surface area contributed by atoms with Crippen molar-refractivity contribution in [2.75, 3.05) is 5.32 Å². The number of hydrogen-bond acceptors (Lipinski definition) is 2. The first-order valence-electron chi connectivity index (χ1n) is 6.76. The molecule has 0 bridgehead atoms. The van der Waals surface area contributed by atoms with Crippen LogP contribution in [0.2, 0.25) is 0 Å². The van der Waals surface area contributed by atoms with Crippen molar-refractivity contribution in [2.45, 2.75) is 26.2 Å².